The Labute approximate surface area is 158 Å². The van der Waals surface area contributed by atoms with Crippen LogP contribution in [0.3, 0.4) is 0 Å². The number of nitrogens with one attached hydrogen (secondary N) is 1. The van der Waals surface area contributed by atoms with Crippen LogP contribution < -0.4 is 10.1 Å². The minimum atomic E-state index is 0.520. The maximum absolute atomic E-state index is 6.31. The molecular weight excluding hydrogens is 350 g/mol. The van der Waals surface area contributed by atoms with Crippen LogP contribution in [0, 0.1) is 0 Å². The second-order valence-electron chi connectivity index (χ2n) is 7.50. The molecule has 0 saturated carbocycles. The van der Waals surface area contributed by atoms with E-state index < -0.39 is 0 Å². The topological polar surface area (TPSA) is 55.2 Å². The molecular formula is C19H24ClN5O. The van der Waals surface area contributed by atoms with Gasteiger partial charge in [-0.15, -0.1) is 10.2 Å². The first-order valence-electron chi connectivity index (χ1n) is 9.57. The van der Waals surface area contributed by atoms with Crippen molar-refractivity contribution in [2.24, 2.45) is 0 Å². The van der Waals surface area contributed by atoms with Gasteiger partial charge in [-0.2, -0.15) is 0 Å². The molecule has 1 aromatic carbocycles. The number of nitrogens with zero attached hydrogens (tertiary/aromatic N) is 4. The van der Waals surface area contributed by atoms with Crippen LogP contribution in [-0.4, -0.2) is 45.9 Å². The molecule has 26 heavy (non-hydrogen) atoms. The number of hydrogen-bond acceptors (Lipinski definition) is 5. The summed E-state index contributed by atoms with van der Waals surface area (Å²) >= 11 is 6.31. The Hall–Kier alpha value is -1.63. The van der Waals surface area contributed by atoms with Crippen molar-refractivity contribution in [3.05, 3.63) is 39.9 Å². The second kappa shape index (κ2) is 6.83. The quantitative estimate of drug-likeness (QED) is 0.895. The lowest BCUT2D eigenvalue weighted by Gasteiger charge is -2.32. The molecule has 4 heterocycles. The number of benzene rings is 1. The van der Waals surface area contributed by atoms with Crippen molar-refractivity contribution in [2.75, 3.05) is 26.2 Å². The maximum atomic E-state index is 6.31. The highest BCUT2D eigenvalue weighted by molar-refractivity contribution is 6.30. The van der Waals surface area contributed by atoms with Gasteiger partial charge in [-0.05, 0) is 43.6 Å². The minimum absolute atomic E-state index is 0.520. The number of aromatic nitrogens is 3. The third-order valence-electron chi connectivity index (χ3n) is 5.82. The van der Waals surface area contributed by atoms with Crippen molar-refractivity contribution in [1.29, 1.82) is 0 Å². The summed E-state index contributed by atoms with van der Waals surface area (Å²) < 4.78 is 8.18. The molecule has 2 aromatic rings. The maximum Gasteiger partial charge on any atom is 0.147 e. The van der Waals surface area contributed by atoms with Gasteiger partial charge in [-0.25, -0.2) is 0 Å². The van der Waals surface area contributed by atoms with Gasteiger partial charge in [0, 0.05) is 42.6 Å². The lowest BCUT2D eigenvalue weighted by atomic mass is 9.95. The van der Waals surface area contributed by atoms with E-state index in [1.54, 1.807) is 0 Å². The van der Waals surface area contributed by atoms with Gasteiger partial charge in [0.05, 0.1) is 13.2 Å². The van der Waals surface area contributed by atoms with Gasteiger partial charge in [0.1, 0.15) is 17.4 Å². The molecule has 138 valence electrons. The van der Waals surface area contributed by atoms with E-state index in [4.69, 9.17) is 16.3 Å². The van der Waals surface area contributed by atoms with Crippen LogP contribution in [-0.2, 0) is 26.1 Å². The Bertz CT molecular complexity index is 813. The van der Waals surface area contributed by atoms with E-state index >= 15 is 0 Å². The van der Waals surface area contributed by atoms with Crippen molar-refractivity contribution in [2.45, 2.75) is 44.8 Å². The fraction of sp³-hybridized carbons (Fsp3) is 0.579. The number of piperidine rings is 1. The lowest BCUT2D eigenvalue weighted by Crippen LogP contribution is -2.34. The molecule has 7 heteroatoms. The summed E-state index contributed by atoms with van der Waals surface area (Å²) in [6.45, 7) is 6.68. The van der Waals surface area contributed by atoms with Crippen LogP contribution >= 0.6 is 11.6 Å². The zero-order valence-corrected chi connectivity index (χ0v) is 15.6. The number of likely N-dealkylation sites (tertiary alicyclic amines) is 1. The standard InChI is InChI=1S/C19H24ClN5O/c20-16-9-14-3-8-26-18(14)15(10-16)12-24-5-1-13(2-6-24)19-23-22-17-11-21-4-7-25(17)19/h9-10,13,21H,1-8,11-12H2. The summed E-state index contributed by atoms with van der Waals surface area (Å²) in [5, 5.41) is 13.1. The smallest absolute Gasteiger partial charge is 0.147 e. The number of ether oxygens (including phenoxy) is 1. The molecule has 1 aromatic heterocycles. The first-order valence-corrected chi connectivity index (χ1v) is 9.95. The molecule has 0 unspecified atom stereocenters. The van der Waals surface area contributed by atoms with Crippen LogP contribution in [0.25, 0.3) is 0 Å². The average Bonchev–Trinajstić information content (AvgIpc) is 3.29. The molecule has 0 atom stereocenters. The van der Waals surface area contributed by atoms with Gasteiger partial charge < -0.3 is 14.6 Å². The molecule has 3 aliphatic rings. The Morgan fingerprint density at radius 2 is 2.08 bits per heavy atom. The molecule has 3 aliphatic heterocycles. The predicted octanol–water partition coefficient (Wildman–Crippen LogP) is 2.35. The number of fused-ring (bicyclic) bond motifs is 2. The largest absolute Gasteiger partial charge is 0.493 e. The van der Waals surface area contributed by atoms with Gasteiger partial charge in [0.2, 0.25) is 0 Å². The molecule has 5 rings (SSSR count). The first kappa shape index (κ1) is 16.5. The van der Waals surface area contributed by atoms with Crippen LogP contribution in [0.15, 0.2) is 12.1 Å². The van der Waals surface area contributed by atoms with Crippen molar-refractivity contribution < 1.29 is 4.74 Å². The van der Waals surface area contributed by atoms with Gasteiger partial charge in [-0.1, -0.05) is 11.6 Å². The zero-order chi connectivity index (χ0) is 17.5. The number of hydrogen-bond donors (Lipinski definition) is 1. The molecule has 1 saturated heterocycles. The minimum Gasteiger partial charge on any atom is -0.493 e. The zero-order valence-electron chi connectivity index (χ0n) is 14.9. The first-order chi connectivity index (χ1) is 12.8. The van der Waals surface area contributed by atoms with E-state index in [1.165, 1.54) is 17.0 Å². The lowest BCUT2D eigenvalue weighted by molar-refractivity contribution is 0.197. The summed E-state index contributed by atoms with van der Waals surface area (Å²) in [5.74, 6) is 3.86. The highest BCUT2D eigenvalue weighted by atomic mass is 35.5. The van der Waals surface area contributed by atoms with Gasteiger partial charge in [-0.3, -0.25) is 4.90 Å². The predicted molar refractivity (Wildman–Crippen MR) is 99.6 cm³/mol. The van der Waals surface area contributed by atoms with E-state index in [-0.39, 0.29) is 0 Å². The number of rotatable bonds is 3. The van der Waals surface area contributed by atoms with E-state index in [9.17, 15) is 0 Å². The molecule has 0 amide bonds. The molecule has 0 bridgehead atoms. The molecule has 0 spiro atoms. The molecule has 1 fully saturated rings. The third kappa shape index (κ3) is 3.00. The summed E-state index contributed by atoms with van der Waals surface area (Å²) in [7, 11) is 0. The molecule has 0 aliphatic carbocycles. The number of halogens is 1. The Balaban J connectivity index is 1.26. The van der Waals surface area contributed by atoms with Crippen LogP contribution in [0.2, 0.25) is 5.02 Å². The van der Waals surface area contributed by atoms with E-state index in [0.29, 0.717) is 5.92 Å². The Kier molecular flexibility index (Phi) is 4.35. The van der Waals surface area contributed by atoms with E-state index in [1.807, 2.05) is 6.07 Å². The Morgan fingerprint density at radius 1 is 1.19 bits per heavy atom. The SMILES string of the molecule is Clc1cc2c(c(CN3CCC(c4nnc5n4CCNC5)CC3)c1)OCC2. The fourth-order valence-electron chi connectivity index (χ4n) is 4.47. The summed E-state index contributed by atoms with van der Waals surface area (Å²) in [6, 6.07) is 4.11. The van der Waals surface area contributed by atoms with Gasteiger partial charge in [0.25, 0.3) is 0 Å². The van der Waals surface area contributed by atoms with Crippen molar-refractivity contribution >= 4 is 11.6 Å². The summed E-state index contributed by atoms with van der Waals surface area (Å²) in [5.41, 5.74) is 2.49. The van der Waals surface area contributed by atoms with Crippen molar-refractivity contribution in [3.63, 3.8) is 0 Å². The van der Waals surface area contributed by atoms with Crippen molar-refractivity contribution in [1.82, 2.24) is 25.0 Å². The second-order valence-corrected chi connectivity index (χ2v) is 7.94. The third-order valence-corrected chi connectivity index (χ3v) is 6.04. The van der Waals surface area contributed by atoms with Gasteiger partial charge in [0.15, 0.2) is 0 Å². The average molecular weight is 374 g/mol. The molecule has 0 radical (unpaired) electrons. The highest BCUT2D eigenvalue weighted by Gasteiger charge is 2.28. The summed E-state index contributed by atoms with van der Waals surface area (Å²) in [4.78, 5) is 2.51. The van der Waals surface area contributed by atoms with Gasteiger partial charge >= 0.3 is 0 Å². The van der Waals surface area contributed by atoms with Crippen LogP contribution in [0.1, 0.15) is 41.5 Å². The molecule has 6 nitrogen and oxygen atoms in total. The van der Waals surface area contributed by atoms with E-state index in [0.717, 1.165) is 81.7 Å². The van der Waals surface area contributed by atoms with Crippen LogP contribution in [0.5, 0.6) is 5.75 Å². The van der Waals surface area contributed by atoms with Crippen molar-refractivity contribution in [3.8, 4) is 5.75 Å². The van der Waals surface area contributed by atoms with E-state index in [2.05, 4.69) is 31.0 Å². The molecule has 1 N–H and O–H groups in total. The summed E-state index contributed by atoms with van der Waals surface area (Å²) in [6.07, 6.45) is 3.24. The highest BCUT2D eigenvalue weighted by Crippen LogP contribution is 2.35. The monoisotopic (exact) mass is 373 g/mol. The Morgan fingerprint density at radius 3 is 2.96 bits per heavy atom. The van der Waals surface area contributed by atoms with Crippen LogP contribution in [0.4, 0.5) is 0 Å². The normalized spacial score (nSPS) is 20.7. The fourth-order valence-corrected chi connectivity index (χ4v) is 4.73.